The van der Waals surface area contributed by atoms with E-state index in [0.717, 1.165) is 49.0 Å². The van der Waals surface area contributed by atoms with Gasteiger partial charge in [-0.1, -0.05) is 40.6 Å². The summed E-state index contributed by atoms with van der Waals surface area (Å²) >= 11 is 13.3. The molecule has 1 aromatic carbocycles. The fraction of sp³-hybridized carbons (Fsp3) is 0.357. The van der Waals surface area contributed by atoms with Gasteiger partial charge < -0.3 is 9.72 Å². The monoisotopic (exact) mass is 344 g/mol. The third-order valence-corrected chi connectivity index (χ3v) is 5.01. The molecule has 21 heavy (non-hydrogen) atoms. The molecule has 2 aromatic rings. The van der Waals surface area contributed by atoms with Crippen molar-refractivity contribution in [2.75, 3.05) is 26.3 Å². The van der Waals surface area contributed by atoms with Crippen LogP contribution in [0.1, 0.15) is 4.88 Å². The predicted molar refractivity (Wildman–Crippen MR) is 86.5 cm³/mol. The normalized spacial score (nSPS) is 16.3. The minimum Gasteiger partial charge on any atom is -0.379 e. The molecule has 0 aliphatic carbocycles. The van der Waals surface area contributed by atoms with Gasteiger partial charge in [-0.05, 0) is 12.1 Å². The van der Waals surface area contributed by atoms with Crippen LogP contribution in [0.25, 0.3) is 11.3 Å². The van der Waals surface area contributed by atoms with Gasteiger partial charge in [0.25, 0.3) is 0 Å². The molecular weight excluding hydrogens is 331 g/mol. The van der Waals surface area contributed by atoms with Crippen LogP contribution in [0.3, 0.4) is 0 Å². The topological polar surface area (TPSA) is 45.3 Å². The average molecular weight is 345 g/mol. The first-order valence-corrected chi connectivity index (χ1v) is 8.18. The van der Waals surface area contributed by atoms with E-state index in [2.05, 4.69) is 9.88 Å². The van der Waals surface area contributed by atoms with Crippen LogP contribution < -0.4 is 4.87 Å². The molecule has 1 aliphatic rings. The molecule has 7 heteroatoms. The molecule has 0 saturated carbocycles. The van der Waals surface area contributed by atoms with E-state index < -0.39 is 0 Å². The summed E-state index contributed by atoms with van der Waals surface area (Å²) in [4.78, 5) is 17.9. The lowest BCUT2D eigenvalue weighted by Gasteiger charge is -2.26. The van der Waals surface area contributed by atoms with Crippen LogP contribution in [0, 0.1) is 0 Å². The van der Waals surface area contributed by atoms with Crippen molar-refractivity contribution < 1.29 is 4.74 Å². The molecule has 112 valence electrons. The van der Waals surface area contributed by atoms with Crippen molar-refractivity contribution in [2.24, 2.45) is 0 Å². The second-order valence-electron chi connectivity index (χ2n) is 4.83. The van der Waals surface area contributed by atoms with Crippen LogP contribution in [-0.4, -0.2) is 36.2 Å². The molecule has 1 fully saturated rings. The Bertz CT molecular complexity index is 693. The maximum atomic E-state index is 11.7. The van der Waals surface area contributed by atoms with Crippen LogP contribution in [0.15, 0.2) is 23.0 Å². The first kappa shape index (κ1) is 15.1. The van der Waals surface area contributed by atoms with E-state index in [1.807, 2.05) is 6.07 Å². The number of benzene rings is 1. The molecule has 1 N–H and O–H groups in total. The number of nitrogens with zero attached hydrogens (tertiary/aromatic N) is 1. The fourth-order valence-electron chi connectivity index (χ4n) is 2.32. The Kier molecular flexibility index (Phi) is 4.66. The van der Waals surface area contributed by atoms with Crippen LogP contribution in [0.2, 0.25) is 10.0 Å². The maximum Gasteiger partial charge on any atom is 0.305 e. The molecule has 1 saturated heterocycles. The van der Waals surface area contributed by atoms with Crippen molar-refractivity contribution in [2.45, 2.75) is 6.54 Å². The number of H-pyrrole nitrogens is 1. The van der Waals surface area contributed by atoms with Gasteiger partial charge in [0.15, 0.2) is 0 Å². The zero-order valence-electron chi connectivity index (χ0n) is 11.2. The average Bonchev–Trinajstić information content (AvgIpc) is 2.84. The van der Waals surface area contributed by atoms with E-state index in [-0.39, 0.29) is 4.87 Å². The summed E-state index contributed by atoms with van der Waals surface area (Å²) < 4.78 is 5.35. The lowest BCUT2D eigenvalue weighted by atomic mass is 10.1. The Hall–Kier alpha value is -0.850. The molecule has 4 nitrogen and oxygen atoms in total. The first-order chi connectivity index (χ1) is 10.1. The smallest absolute Gasteiger partial charge is 0.305 e. The number of hydrogen-bond acceptors (Lipinski definition) is 4. The largest absolute Gasteiger partial charge is 0.379 e. The summed E-state index contributed by atoms with van der Waals surface area (Å²) in [5, 5.41) is 0.992. The van der Waals surface area contributed by atoms with Gasteiger partial charge in [0.2, 0.25) is 0 Å². The lowest BCUT2D eigenvalue weighted by Crippen LogP contribution is -2.35. The molecule has 0 unspecified atom stereocenters. The number of rotatable bonds is 3. The minimum atomic E-state index is -0.0562. The molecule has 1 aromatic heterocycles. The number of halogens is 2. The Morgan fingerprint density at radius 3 is 2.71 bits per heavy atom. The van der Waals surface area contributed by atoms with Gasteiger partial charge in [-0.25, -0.2) is 0 Å². The Morgan fingerprint density at radius 1 is 1.24 bits per heavy atom. The van der Waals surface area contributed by atoms with Crippen molar-refractivity contribution in [3.8, 4) is 11.3 Å². The summed E-state index contributed by atoms with van der Waals surface area (Å²) in [6.07, 6.45) is 0. The predicted octanol–water partition coefficient (Wildman–Crippen LogP) is 3.24. The van der Waals surface area contributed by atoms with Crippen molar-refractivity contribution in [1.29, 1.82) is 0 Å². The van der Waals surface area contributed by atoms with Gasteiger partial charge in [0.1, 0.15) is 0 Å². The molecule has 0 bridgehead atoms. The molecule has 0 atom stereocenters. The second kappa shape index (κ2) is 6.50. The fourth-order valence-corrected chi connectivity index (χ4v) is 3.51. The molecule has 1 aliphatic heterocycles. The van der Waals surface area contributed by atoms with Crippen molar-refractivity contribution in [1.82, 2.24) is 9.88 Å². The highest BCUT2D eigenvalue weighted by molar-refractivity contribution is 7.09. The molecule has 3 rings (SSSR count). The van der Waals surface area contributed by atoms with E-state index in [9.17, 15) is 4.79 Å². The molecule has 0 amide bonds. The van der Waals surface area contributed by atoms with E-state index in [4.69, 9.17) is 27.9 Å². The Labute approximate surface area is 136 Å². The zero-order chi connectivity index (χ0) is 14.8. The van der Waals surface area contributed by atoms with E-state index in [1.54, 1.807) is 12.1 Å². The molecule has 0 spiro atoms. The van der Waals surface area contributed by atoms with Crippen LogP contribution in [0.4, 0.5) is 0 Å². The number of hydrogen-bond donors (Lipinski definition) is 1. The maximum absolute atomic E-state index is 11.7. The zero-order valence-corrected chi connectivity index (χ0v) is 13.5. The van der Waals surface area contributed by atoms with Gasteiger partial charge in [-0.2, -0.15) is 0 Å². The number of nitrogens with one attached hydrogen (secondary N) is 1. The van der Waals surface area contributed by atoms with Crippen LogP contribution >= 0.6 is 34.5 Å². The van der Waals surface area contributed by atoms with E-state index >= 15 is 0 Å². The minimum absolute atomic E-state index is 0.0562. The number of aromatic amines is 1. The Balaban J connectivity index is 1.91. The quantitative estimate of drug-likeness (QED) is 0.929. The van der Waals surface area contributed by atoms with Crippen molar-refractivity contribution in [3.05, 3.63) is 42.8 Å². The molecular formula is C14H14Cl2N2O2S. The summed E-state index contributed by atoms with van der Waals surface area (Å²) in [5.74, 6) is 0. The third kappa shape index (κ3) is 3.49. The third-order valence-electron chi connectivity index (χ3n) is 3.40. The summed E-state index contributed by atoms with van der Waals surface area (Å²) in [5.41, 5.74) is 1.71. The summed E-state index contributed by atoms with van der Waals surface area (Å²) in [6, 6.07) is 5.40. The summed E-state index contributed by atoms with van der Waals surface area (Å²) in [6.45, 7) is 3.98. The number of ether oxygens (including phenoxy) is 1. The Morgan fingerprint density at radius 2 is 2.00 bits per heavy atom. The standard InChI is InChI=1S/C14H14Cl2N2O2S/c15-10-2-1-9(7-11(10)16)13-12(21-14(19)17-13)8-18-3-5-20-6-4-18/h1-2,7H,3-6,8H2,(H,17,19). The van der Waals surface area contributed by atoms with Gasteiger partial charge in [0, 0.05) is 30.1 Å². The molecule has 2 heterocycles. The van der Waals surface area contributed by atoms with Gasteiger partial charge >= 0.3 is 4.87 Å². The first-order valence-electron chi connectivity index (χ1n) is 6.61. The highest BCUT2D eigenvalue weighted by atomic mass is 35.5. The van der Waals surface area contributed by atoms with Crippen LogP contribution in [0.5, 0.6) is 0 Å². The number of morpholine rings is 1. The van der Waals surface area contributed by atoms with Gasteiger partial charge in [-0.15, -0.1) is 0 Å². The van der Waals surface area contributed by atoms with Crippen LogP contribution in [-0.2, 0) is 11.3 Å². The van der Waals surface area contributed by atoms with Gasteiger partial charge in [0.05, 0.1) is 29.0 Å². The highest BCUT2D eigenvalue weighted by Crippen LogP contribution is 2.30. The highest BCUT2D eigenvalue weighted by Gasteiger charge is 2.17. The van der Waals surface area contributed by atoms with E-state index in [0.29, 0.717) is 10.0 Å². The molecule has 0 radical (unpaired) electrons. The summed E-state index contributed by atoms with van der Waals surface area (Å²) in [7, 11) is 0. The second-order valence-corrected chi connectivity index (χ2v) is 6.71. The van der Waals surface area contributed by atoms with Gasteiger partial charge in [-0.3, -0.25) is 9.69 Å². The number of aromatic nitrogens is 1. The van der Waals surface area contributed by atoms with Crippen molar-refractivity contribution in [3.63, 3.8) is 0 Å². The van der Waals surface area contributed by atoms with Crippen molar-refractivity contribution >= 4 is 34.5 Å². The lowest BCUT2D eigenvalue weighted by molar-refractivity contribution is 0.0347. The SMILES string of the molecule is O=c1[nH]c(-c2ccc(Cl)c(Cl)c2)c(CN2CCOCC2)s1. The van der Waals surface area contributed by atoms with E-state index in [1.165, 1.54) is 11.3 Å². The number of thiazole rings is 1.